The van der Waals surface area contributed by atoms with Crippen LogP contribution in [0.15, 0.2) is 80.8 Å². The number of aromatic nitrogens is 1. The Bertz CT molecular complexity index is 1680. The fourth-order valence-corrected chi connectivity index (χ4v) is 5.71. The van der Waals surface area contributed by atoms with Crippen LogP contribution < -0.4 is 24.6 Å². The SMILES string of the molecule is COc1ccc([C@@H]2C(C(=O)OC(C)C)=C(C)N=c3s/c(=C/[C@H]4C(=O)N(c5ccccc5)N=C4C)c(=O)n32)cc1. The Morgan fingerprint density at radius 3 is 2.38 bits per heavy atom. The molecule has 0 radical (unpaired) electrons. The maximum atomic E-state index is 13.9. The summed E-state index contributed by atoms with van der Waals surface area (Å²) < 4.78 is 12.7. The summed E-state index contributed by atoms with van der Waals surface area (Å²) in [6.07, 6.45) is 1.30. The Labute approximate surface area is 229 Å². The van der Waals surface area contributed by atoms with Crippen molar-refractivity contribution in [3.8, 4) is 5.75 Å². The molecule has 2 aliphatic heterocycles. The molecule has 1 aromatic heterocycles. The number of methoxy groups -OCH3 is 1. The molecule has 0 saturated carbocycles. The molecule has 2 aromatic carbocycles. The van der Waals surface area contributed by atoms with Crippen molar-refractivity contribution in [2.75, 3.05) is 12.1 Å². The number of thiazole rings is 1. The van der Waals surface area contributed by atoms with Crippen molar-refractivity contribution >= 4 is 40.7 Å². The van der Waals surface area contributed by atoms with Crippen LogP contribution in [0, 0.1) is 5.92 Å². The van der Waals surface area contributed by atoms with Gasteiger partial charge in [0, 0.05) is 0 Å². The molecule has 2 aliphatic rings. The molecule has 0 unspecified atom stereocenters. The Morgan fingerprint density at radius 1 is 1.05 bits per heavy atom. The van der Waals surface area contributed by atoms with Crippen LogP contribution in [0.5, 0.6) is 5.75 Å². The van der Waals surface area contributed by atoms with E-state index in [9.17, 15) is 14.4 Å². The van der Waals surface area contributed by atoms with Crippen molar-refractivity contribution in [2.24, 2.45) is 16.0 Å². The van der Waals surface area contributed by atoms with Crippen molar-refractivity contribution in [3.63, 3.8) is 0 Å². The molecule has 2 atom stereocenters. The number of anilines is 1. The maximum Gasteiger partial charge on any atom is 0.338 e. The van der Waals surface area contributed by atoms with Crippen molar-refractivity contribution < 1.29 is 19.1 Å². The quantitative estimate of drug-likeness (QED) is 0.444. The van der Waals surface area contributed by atoms with Crippen molar-refractivity contribution in [1.29, 1.82) is 0 Å². The minimum absolute atomic E-state index is 0.242. The number of allylic oxidation sites excluding steroid dienone is 1. The number of nitrogens with zero attached hydrogens (tertiary/aromatic N) is 4. The van der Waals surface area contributed by atoms with E-state index in [2.05, 4.69) is 10.1 Å². The highest BCUT2D eigenvalue weighted by Gasteiger charge is 2.36. The number of para-hydroxylation sites is 1. The van der Waals surface area contributed by atoms with Gasteiger partial charge in [0.05, 0.1) is 46.5 Å². The summed E-state index contributed by atoms with van der Waals surface area (Å²) in [6, 6.07) is 15.6. The van der Waals surface area contributed by atoms with Crippen LogP contribution in [-0.4, -0.2) is 35.4 Å². The van der Waals surface area contributed by atoms with E-state index in [0.29, 0.717) is 37.7 Å². The fraction of sp³-hybridized carbons (Fsp3) is 0.276. The van der Waals surface area contributed by atoms with Gasteiger partial charge in [-0.15, -0.1) is 0 Å². The summed E-state index contributed by atoms with van der Waals surface area (Å²) in [6.45, 7) is 7.04. The number of carbonyl (C=O) groups is 2. The second-order valence-electron chi connectivity index (χ2n) is 9.54. The van der Waals surface area contributed by atoms with Gasteiger partial charge in [0.2, 0.25) is 0 Å². The molecule has 0 spiro atoms. The third kappa shape index (κ3) is 4.83. The van der Waals surface area contributed by atoms with Crippen LogP contribution in [0.1, 0.15) is 39.3 Å². The van der Waals surface area contributed by atoms with Gasteiger partial charge in [-0.1, -0.05) is 41.7 Å². The average Bonchev–Trinajstić information content (AvgIpc) is 3.38. The molecule has 0 N–H and O–H groups in total. The van der Waals surface area contributed by atoms with Gasteiger partial charge >= 0.3 is 5.97 Å². The maximum absolute atomic E-state index is 13.9. The summed E-state index contributed by atoms with van der Waals surface area (Å²) in [7, 11) is 1.57. The lowest BCUT2D eigenvalue weighted by molar-refractivity contribution is -0.143. The first kappa shape index (κ1) is 26.3. The molecular formula is C29H28N4O5S. The largest absolute Gasteiger partial charge is 0.497 e. The zero-order chi connectivity index (χ0) is 27.8. The number of hydrogen-bond donors (Lipinski definition) is 0. The molecule has 200 valence electrons. The first-order valence-corrected chi connectivity index (χ1v) is 13.3. The third-order valence-electron chi connectivity index (χ3n) is 6.52. The predicted octanol–water partition coefficient (Wildman–Crippen LogP) is 3.19. The lowest BCUT2D eigenvalue weighted by Crippen LogP contribution is -2.40. The molecule has 5 rings (SSSR count). The van der Waals surface area contributed by atoms with Gasteiger partial charge in [0.25, 0.3) is 11.5 Å². The zero-order valence-corrected chi connectivity index (χ0v) is 23.1. The number of amides is 1. The second-order valence-corrected chi connectivity index (χ2v) is 10.5. The molecular weight excluding hydrogens is 516 g/mol. The zero-order valence-electron chi connectivity index (χ0n) is 22.2. The van der Waals surface area contributed by atoms with Gasteiger partial charge in [-0.2, -0.15) is 10.1 Å². The van der Waals surface area contributed by atoms with Crippen LogP contribution in [0.25, 0.3) is 6.08 Å². The van der Waals surface area contributed by atoms with Gasteiger partial charge in [-0.25, -0.2) is 9.79 Å². The minimum atomic E-state index is -0.754. The number of esters is 1. The Kier molecular flexibility index (Phi) is 7.05. The van der Waals surface area contributed by atoms with E-state index in [1.165, 1.54) is 20.9 Å². The molecule has 10 heteroatoms. The molecule has 0 saturated heterocycles. The second kappa shape index (κ2) is 10.5. The summed E-state index contributed by atoms with van der Waals surface area (Å²) >= 11 is 1.18. The predicted molar refractivity (Wildman–Crippen MR) is 149 cm³/mol. The van der Waals surface area contributed by atoms with Crippen molar-refractivity contribution in [3.05, 3.63) is 91.1 Å². The number of fused-ring (bicyclic) bond motifs is 1. The van der Waals surface area contributed by atoms with Gasteiger partial charge in [-0.3, -0.25) is 14.2 Å². The monoisotopic (exact) mass is 544 g/mol. The molecule has 3 aromatic rings. The smallest absolute Gasteiger partial charge is 0.338 e. The normalized spacial score (nSPS) is 19.2. The van der Waals surface area contributed by atoms with E-state index in [0.717, 1.165) is 0 Å². The van der Waals surface area contributed by atoms with Gasteiger partial charge in [0.15, 0.2) is 4.80 Å². The Hall–Kier alpha value is -4.31. The lowest BCUT2D eigenvalue weighted by atomic mass is 9.95. The van der Waals surface area contributed by atoms with Crippen LogP contribution in [0.3, 0.4) is 0 Å². The first-order chi connectivity index (χ1) is 18.7. The number of carbonyl (C=O) groups excluding carboxylic acids is 2. The van der Waals surface area contributed by atoms with E-state index in [1.54, 1.807) is 65.1 Å². The molecule has 39 heavy (non-hydrogen) atoms. The lowest BCUT2D eigenvalue weighted by Gasteiger charge is -2.25. The van der Waals surface area contributed by atoms with E-state index < -0.39 is 17.9 Å². The summed E-state index contributed by atoms with van der Waals surface area (Å²) in [4.78, 5) is 45.5. The molecule has 0 fully saturated rings. The van der Waals surface area contributed by atoms with E-state index in [1.807, 2.05) is 30.3 Å². The Morgan fingerprint density at radius 2 is 1.74 bits per heavy atom. The standard InChI is InChI=1S/C29H28N4O5S/c1-16(2)38-28(36)24-18(4)30-29-32(25(24)19-11-13-21(37-5)14-12-19)27(35)23(39-29)15-22-17(3)31-33(26(22)34)20-9-7-6-8-10-20/h6-16,22,25H,1-5H3/b23-15+/t22-,25-/m1/s1. The number of rotatable bonds is 6. The fourth-order valence-electron chi connectivity index (χ4n) is 4.65. The van der Waals surface area contributed by atoms with E-state index >= 15 is 0 Å². The van der Waals surface area contributed by atoms with Crippen LogP contribution in [0.2, 0.25) is 0 Å². The topological polar surface area (TPSA) is 103 Å². The van der Waals surface area contributed by atoms with E-state index in [4.69, 9.17) is 9.47 Å². The van der Waals surface area contributed by atoms with Gasteiger partial charge in [0.1, 0.15) is 11.7 Å². The number of benzene rings is 2. The van der Waals surface area contributed by atoms with Crippen LogP contribution in [-0.2, 0) is 14.3 Å². The number of hydrogen-bond acceptors (Lipinski definition) is 8. The van der Waals surface area contributed by atoms with Crippen molar-refractivity contribution in [1.82, 2.24) is 4.57 Å². The minimum Gasteiger partial charge on any atom is -0.497 e. The third-order valence-corrected chi connectivity index (χ3v) is 7.52. The van der Waals surface area contributed by atoms with Gasteiger partial charge < -0.3 is 9.47 Å². The van der Waals surface area contributed by atoms with E-state index in [-0.39, 0.29) is 23.1 Å². The molecule has 3 heterocycles. The summed E-state index contributed by atoms with van der Waals surface area (Å²) in [5.41, 5.74) is 2.36. The van der Waals surface area contributed by atoms with Crippen LogP contribution >= 0.6 is 11.3 Å². The molecule has 9 nitrogen and oxygen atoms in total. The first-order valence-electron chi connectivity index (χ1n) is 12.5. The average molecular weight is 545 g/mol. The van der Waals surface area contributed by atoms with Crippen molar-refractivity contribution in [2.45, 2.75) is 39.8 Å². The highest BCUT2D eigenvalue weighted by molar-refractivity contribution is 7.07. The summed E-state index contributed by atoms with van der Waals surface area (Å²) in [5, 5.41) is 5.80. The summed E-state index contributed by atoms with van der Waals surface area (Å²) in [5.74, 6) is -0.824. The van der Waals surface area contributed by atoms with Gasteiger partial charge in [-0.05, 0) is 63.6 Å². The molecule has 1 amide bonds. The highest BCUT2D eigenvalue weighted by atomic mass is 32.1. The highest BCUT2D eigenvalue weighted by Crippen LogP contribution is 2.32. The number of ether oxygens (including phenoxy) is 2. The van der Waals surface area contributed by atoms with Crippen LogP contribution in [0.4, 0.5) is 5.69 Å². The molecule has 0 aliphatic carbocycles. The Balaban J connectivity index is 1.62. The number of hydrazone groups is 1. The molecule has 0 bridgehead atoms.